The number of hydrogen-bond acceptors (Lipinski definition) is 4. The molecule has 0 spiro atoms. The minimum atomic E-state index is -3.77. The summed E-state index contributed by atoms with van der Waals surface area (Å²) in [5, 5.41) is 3.26. The molecular weight excluding hydrogens is 462 g/mol. The van der Waals surface area contributed by atoms with E-state index < -0.39 is 28.5 Å². The third kappa shape index (κ3) is 8.05. The molecule has 0 radical (unpaired) electrons. The lowest BCUT2D eigenvalue weighted by atomic mass is 10.1. The van der Waals surface area contributed by atoms with Crippen LogP contribution in [-0.2, 0) is 26.0 Å². The first-order chi connectivity index (χ1) is 15.5. The molecule has 0 aliphatic heterocycles. The second-order valence-corrected chi connectivity index (χ2v) is 10.4. The van der Waals surface area contributed by atoms with Crippen LogP contribution in [0.5, 0.6) is 0 Å². The van der Waals surface area contributed by atoms with Crippen molar-refractivity contribution >= 4 is 39.1 Å². The van der Waals surface area contributed by atoms with Gasteiger partial charge in [-0.1, -0.05) is 54.9 Å². The van der Waals surface area contributed by atoms with Crippen LogP contribution in [0.4, 0.5) is 5.69 Å². The van der Waals surface area contributed by atoms with Crippen molar-refractivity contribution in [1.29, 1.82) is 0 Å². The summed E-state index contributed by atoms with van der Waals surface area (Å²) < 4.78 is 26.0. The molecule has 2 atom stereocenters. The Balaban J connectivity index is 2.30. The SMILES string of the molecule is CC[C@@H](C)NC(=O)[C@H](C)N(CCc1ccccc1)C(=O)CN(c1cccc(Cl)c1)S(C)(=O)=O. The number of nitrogens with one attached hydrogen (secondary N) is 1. The number of amides is 2. The number of carbonyl (C=O) groups excluding carboxylic acids is 2. The second-order valence-electron chi connectivity index (χ2n) is 8.07. The summed E-state index contributed by atoms with van der Waals surface area (Å²) in [5.74, 6) is -0.748. The predicted octanol–water partition coefficient (Wildman–Crippen LogP) is 3.48. The third-order valence-corrected chi connectivity index (χ3v) is 6.80. The van der Waals surface area contributed by atoms with Crippen LogP contribution >= 0.6 is 11.6 Å². The molecule has 0 aromatic heterocycles. The molecule has 0 bridgehead atoms. The van der Waals surface area contributed by atoms with Crippen molar-refractivity contribution in [2.24, 2.45) is 0 Å². The number of benzene rings is 2. The molecule has 180 valence electrons. The van der Waals surface area contributed by atoms with Crippen molar-refractivity contribution in [2.45, 2.75) is 45.7 Å². The van der Waals surface area contributed by atoms with E-state index in [0.29, 0.717) is 11.4 Å². The first-order valence-corrected chi connectivity index (χ1v) is 13.1. The van der Waals surface area contributed by atoms with Gasteiger partial charge in [-0.2, -0.15) is 0 Å². The maximum Gasteiger partial charge on any atom is 0.244 e. The summed E-state index contributed by atoms with van der Waals surface area (Å²) in [6, 6.07) is 15.1. The van der Waals surface area contributed by atoms with Gasteiger partial charge in [0.2, 0.25) is 21.8 Å². The second kappa shape index (κ2) is 12.0. The van der Waals surface area contributed by atoms with Gasteiger partial charge in [0.25, 0.3) is 0 Å². The van der Waals surface area contributed by atoms with Gasteiger partial charge in [-0.15, -0.1) is 0 Å². The molecule has 0 saturated heterocycles. The Hall–Kier alpha value is -2.58. The zero-order chi connectivity index (χ0) is 24.6. The van der Waals surface area contributed by atoms with Gasteiger partial charge in [0.05, 0.1) is 11.9 Å². The van der Waals surface area contributed by atoms with E-state index in [1.54, 1.807) is 25.1 Å². The molecule has 1 N–H and O–H groups in total. The van der Waals surface area contributed by atoms with Crippen LogP contribution in [0.2, 0.25) is 5.02 Å². The highest BCUT2D eigenvalue weighted by molar-refractivity contribution is 7.92. The maximum atomic E-state index is 13.4. The highest BCUT2D eigenvalue weighted by atomic mass is 35.5. The smallest absolute Gasteiger partial charge is 0.244 e. The average Bonchev–Trinajstić information content (AvgIpc) is 2.77. The zero-order valence-electron chi connectivity index (χ0n) is 19.5. The maximum absolute atomic E-state index is 13.4. The molecule has 2 aromatic carbocycles. The van der Waals surface area contributed by atoms with E-state index >= 15 is 0 Å². The van der Waals surface area contributed by atoms with Gasteiger partial charge >= 0.3 is 0 Å². The molecule has 0 saturated carbocycles. The van der Waals surface area contributed by atoms with Crippen molar-refractivity contribution in [1.82, 2.24) is 10.2 Å². The Bertz CT molecular complexity index is 1050. The van der Waals surface area contributed by atoms with Gasteiger partial charge < -0.3 is 10.2 Å². The minimum Gasteiger partial charge on any atom is -0.352 e. The van der Waals surface area contributed by atoms with E-state index in [9.17, 15) is 18.0 Å². The van der Waals surface area contributed by atoms with Crippen LogP contribution in [0.3, 0.4) is 0 Å². The van der Waals surface area contributed by atoms with E-state index in [1.165, 1.54) is 11.0 Å². The number of halogens is 1. The Morgan fingerprint density at radius 3 is 2.30 bits per heavy atom. The zero-order valence-corrected chi connectivity index (χ0v) is 21.1. The molecule has 9 heteroatoms. The van der Waals surface area contributed by atoms with Crippen LogP contribution in [0.15, 0.2) is 54.6 Å². The van der Waals surface area contributed by atoms with Gasteiger partial charge in [0.15, 0.2) is 0 Å². The molecule has 0 unspecified atom stereocenters. The Labute approximate surface area is 201 Å². The highest BCUT2D eigenvalue weighted by Gasteiger charge is 2.30. The Morgan fingerprint density at radius 1 is 1.06 bits per heavy atom. The fraction of sp³-hybridized carbons (Fsp3) is 0.417. The van der Waals surface area contributed by atoms with Gasteiger partial charge in [-0.3, -0.25) is 13.9 Å². The van der Waals surface area contributed by atoms with E-state index in [0.717, 1.165) is 22.5 Å². The summed E-state index contributed by atoms with van der Waals surface area (Å²) in [5.41, 5.74) is 1.30. The van der Waals surface area contributed by atoms with Crippen LogP contribution in [0.25, 0.3) is 0 Å². The van der Waals surface area contributed by atoms with E-state index in [2.05, 4.69) is 5.32 Å². The first-order valence-electron chi connectivity index (χ1n) is 10.9. The molecule has 33 heavy (non-hydrogen) atoms. The van der Waals surface area contributed by atoms with E-state index in [1.807, 2.05) is 44.2 Å². The van der Waals surface area contributed by atoms with Gasteiger partial charge in [-0.05, 0) is 50.5 Å². The summed E-state index contributed by atoms with van der Waals surface area (Å²) in [4.78, 5) is 27.6. The van der Waals surface area contributed by atoms with E-state index in [4.69, 9.17) is 11.6 Å². The number of sulfonamides is 1. The summed E-state index contributed by atoms with van der Waals surface area (Å²) in [6.07, 6.45) is 2.32. The van der Waals surface area contributed by atoms with Crippen molar-refractivity contribution in [3.63, 3.8) is 0 Å². The summed E-state index contributed by atoms with van der Waals surface area (Å²) >= 11 is 6.04. The Kier molecular flexibility index (Phi) is 9.73. The summed E-state index contributed by atoms with van der Waals surface area (Å²) in [6.45, 7) is 5.35. The van der Waals surface area contributed by atoms with Gasteiger partial charge in [0, 0.05) is 17.6 Å². The molecule has 0 aliphatic rings. The largest absolute Gasteiger partial charge is 0.352 e. The fourth-order valence-corrected chi connectivity index (χ4v) is 4.31. The first kappa shape index (κ1) is 26.7. The van der Waals surface area contributed by atoms with Crippen LogP contribution < -0.4 is 9.62 Å². The third-order valence-electron chi connectivity index (χ3n) is 5.43. The van der Waals surface area contributed by atoms with Crippen molar-refractivity contribution in [3.05, 3.63) is 65.2 Å². The number of carbonyl (C=O) groups is 2. The fourth-order valence-electron chi connectivity index (χ4n) is 3.28. The average molecular weight is 494 g/mol. The lowest BCUT2D eigenvalue weighted by Crippen LogP contribution is -2.53. The van der Waals surface area contributed by atoms with Gasteiger partial charge in [0.1, 0.15) is 12.6 Å². The van der Waals surface area contributed by atoms with Crippen LogP contribution in [-0.4, -0.2) is 56.6 Å². The topological polar surface area (TPSA) is 86.8 Å². The normalized spacial score (nSPS) is 13.1. The standard InChI is InChI=1S/C24H32ClN3O4S/c1-5-18(2)26-24(30)19(3)27(15-14-20-10-7-6-8-11-20)23(29)17-28(33(4,31)32)22-13-9-12-21(25)16-22/h6-13,16,18-19H,5,14-15,17H2,1-4H3,(H,26,30)/t18-,19+/m1/s1. The minimum absolute atomic E-state index is 0.0370. The molecule has 2 rings (SSSR count). The quantitative estimate of drug-likeness (QED) is 0.519. The molecule has 2 aromatic rings. The number of hydrogen-bond donors (Lipinski definition) is 1. The molecule has 7 nitrogen and oxygen atoms in total. The highest BCUT2D eigenvalue weighted by Crippen LogP contribution is 2.22. The molecule has 2 amide bonds. The van der Waals surface area contributed by atoms with Gasteiger partial charge in [-0.25, -0.2) is 8.42 Å². The van der Waals surface area contributed by atoms with Crippen LogP contribution in [0.1, 0.15) is 32.8 Å². The van der Waals surface area contributed by atoms with Crippen molar-refractivity contribution in [3.8, 4) is 0 Å². The molecule has 0 heterocycles. The van der Waals surface area contributed by atoms with Crippen molar-refractivity contribution in [2.75, 3.05) is 23.7 Å². The summed E-state index contributed by atoms with van der Waals surface area (Å²) in [7, 11) is -3.77. The molecule has 0 aliphatic carbocycles. The predicted molar refractivity (Wildman–Crippen MR) is 133 cm³/mol. The lowest BCUT2D eigenvalue weighted by molar-refractivity contribution is -0.139. The lowest BCUT2D eigenvalue weighted by Gasteiger charge is -2.32. The van der Waals surface area contributed by atoms with Crippen molar-refractivity contribution < 1.29 is 18.0 Å². The number of nitrogens with zero attached hydrogens (tertiary/aromatic N) is 2. The number of anilines is 1. The molecular formula is C24H32ClN3O4S. The Morgan fingerprint density at radius 2 is 1.73 bits per heavy atom. The molecule has 0 fully saturated rings. The number of rotatable bonds is 11. The monoisotopic (exact) mass is 493 g/mol. The van der Waals surface area contributed by atoms with E-state index in [-0.39, 0.29) is 24.2 Å². The van der Waals surface area contributed by atoms with Crippen LogP contribution in [0, 0.1) is 0 Å².